The first kappa shape index (κ1) is 31.5. The number of amides is 2. The molecule has 2 amide bonds. The third-order valence-corrected chi connectivity index (χ3v) is 7.29. The summed E-state index contributed by atoms with van der Waals surface area (Å²) < 4.78 is 37.4. The van der Waals surface area contributed by atoms with Gasteiger partial charge in [0.25, 0.3) is 0 Å². The van der Waals surface area contributed by atoms with Crippen molar-refractivity contribution in [2.24, 2.45) is 0 Å². The number of benzene rings is 2. The van der Waals surface area contributed by atoms with Gasteiger partial charge in [0.2, 0.25) is 21.8 Å². The molecule has 1 N–H and O–H groups in total. The Morgan fingerprint density at radius 1 is 1.05 bits per heavy atom. The van der Waals surface area contributed by atoms with Crippen molar-refractivity contribution >= 4 is 50.7 Å². The Balaban J connectivity index is 2.58. The van der Waals surface area contributed by atoms with Crippen LogP contribution < -0.4 is 19.1 Å². The van der Waals surface area contributed by atoms with Crippen LogP contribution >= 0.6 is 23.2 Å². The Morgan fingerprint density at radius 3 is 2.21 bits per heavy atom. The average molecular weight is 589 g/mol. The fourth-order valence-electron chi connectivity index (χ4n) is 3.79. The number of halogens is 2. The third kappa shape index (κ3) is 8.41. The summed E-state index contributed by atoms with van der Waals surface area (Å²) >= 11 is 12.4. The standard InChI is InChI=1S/C26H35Cl2N3O6S/c1-8-21(25(33)29-26(2,3)4)30(15-17-9-10-18(27)13-20(17)28)24(32)16-31(38(7,34)35)22-14-19(36-5)11-12-23(22)37-6/h9-14,21H,8,15-16H2,1-7H3,(H,29,33). The summed E-state index contributed by atoms with van der Waals surface area (Å²) in [6, 6.07) is 8.57. The van der Waals surface area contributed by atoms with E-state index in [1.54, 1.807) is 37.3 Å². The van der Waals surface area contributed by atoms with Crippen molar-refractivity contribution in [2.45, 2.75) is 52.2 Å². The molecule has 0 heterocycles. The third-order valence-electron chi connectivity index (χ3n) is 5.57. The number of carbonyl (C=O) groups is 2. The molecule has 1 atom stereocenters. The van der Waals surface area contributed by atoms with Crippen LogP contribution in [0.15, 0.2) is 36.4 Å². The molecule has 2 rings (SSSR count). The molecule has 210 valence electrons. The Hall–Kier alpha value is -2.69. The van der Waals surface area contributed by atoms with Gasteiger partial charge in [-0.3, -0.25) is 13.9 Å². The monoisotopic (exact) mass is 587 g/mol. The number of hydrogen-bond acceptors (Lipinski definition) is 6. The number of carbonyl (C=O) groups excluding carboxylic acids is 2. The average Bonchev–Trinajstić information content (AvgIpc) is 2.81. The normalized spacial score (nSPS) is 12.4. The van der Waals surface area contributed by atoms with Crippen LogP contribution in [0.25, 0.3) is 0 Å². The number of methoxy groups -OCH3 is 2. The van der Waals surface area contributed by atoms with Crippen LogP contribution in [-0.2, 0) is 26.2 Å². The minimum absolute atomic E-state index is 0.0439. The van der Waals surface area contributed by atoms with Gasteiger partial charge >= 0.3 is 0 Å². The van der Waals surface area contributed by atoms with Gasteiger partial charge in [0.15, 0.2) is 0 Å². The molecule has 0 spiro atoms. The Bertz CT molecular complexity index is 1260. The molecule has 0 bridgehead atoms. The second-order valence-electron chi connectivity index (χ2n) is 9.73. The Morgan fingerprint density at radius 2 is 1.71 bits per heavy atom. The first-order valence-corrected chi connectivity index (χ1v) is 14.5. The number of nitrogens with zero attached hydrogens (tertiary/aromatic N) is 2. The molecule has 0 saturated carbocycles. The summed E-state index contributed by atoms with van der Waals surface area (Å²) in [4.78, 5) is 28.5. The van der Waals surface area contributed by atoms with Crippen LogP contribution in [0.2, 0.25) is 10.0 Å². The van der Waals surface area contributed by atoms with Crippen LogP contribution in [0.1, 0.15) is 39.7 Å². The van der Waals surface area contributed by atoms with Crippen molar-refractivity contribution in [3.05, 3.63) is 52.0 Å². The van der Waals surface area contributed by atoms with Crippen LogP contribution in [0.3, 0.4) is 0 Å². The lowest BCUT2D eigenvalue weighted by Gasteiger charge is -2.35. The van der Waals surface area contributed by atoms with E-state index in [0.717, 1.165) is 10.6 Å². The summed E-state index contributed by atoms with van der Waals surface area (Å²) in [5, 5.41) is 3.64. The van der Waals surface area contributed by atoms with Crippen LogP contribution in [-0.4, -0.2) is 63.7 Å². The molecule has 38 heavy (non-hydrogen) atoms. The second kappa shape index (κ2) is 12.9. The number of sulfonamides is 1. The van der Waals surface area contributed by atoms with Gasteiger partial charge in [-0.15, -0.1) is 0 Å². The smallest absolute Gasteiger partial charge is 0.244 e. The lowest BCUT2D eigenvalue weighted by molar-refractivity contribution is -0.141. The molecule has 0 saturated heterocycles. The molecule has 2 aromatic carbocycles. The molecular formula is C26H35Cl2N3O6S. The quantitative estimate of drug-likeness (QED) is 0.415. The minimum atomic E-state index is -3.97. The number of hydrogen-bond donors (Lipinski definition) is 1. The van der Waals surface area contributed by atoms with Gasteiger partial charge in [-0.1, -0.05) is 36.2 Å². The Kier molecular flexibility index (Phi) is 10.7. The number of ether oxygens (including phenoxy) is 2. The van der Waals surface area contributed by atoms with Crippen molar-refractivity contribution in [3.63, 3.8) is 0 Å². The lowest BCUT2D eigenvalue weighted by atomic mass is 10.1. The molecule has 0 aliphatic rings. The topological polar surface area (TPSA) is 105 Å². The van der Waals surface area contributed by atoms with E-state index in [4.69, 9.17) is 32.7 Å². The molecular weight excluding hydrogens is 553 g/mol. The largest absolute Gasteiger partial charge is 0.497 e. The lowest BCUT2D eigenvalue weighted by Crippen LogP contribution is -2.55. The zero-order chi connectivity index (χ0) is 28.8. The highest BCUT2D eigenvalue weighted by Crippen LogP contribution is 2.34. The molecule has 0 fully saturated rings. The fourth-order valence-corrected chi connectivity index (χ4v) is 5.11. The summed E-state index contributed by atoms with van der Waals surface area (Å²) in [7, 11) is -1.13. The highest BCUT2D eigenvalue weighted by molar-refractivity contribution is 7.92. The van der Waals surface area contributed by atoms with E-state index in [-0.39, 0.29) is 30.3 Å². The molecule has 12 heteroatoms. The van der Waals surface area contributed by atoms with E-state index >= 15 is 0 Å². The highest BCUT2D eigenvalue weighted by atomic mass is 35.5. The van der Waals surface area contributed by atoms with Gasteiger partial charge < -0.3 is 19.7 Å². The van der Waals surface area contributed by atoms with Gasteiger partial charge in [-0.05, 0) is 57.0 Å². The number of rotatable bonds is 11. The van der Waals surface area contributed by atoms with Gasteiger partial charge in [0, 0.05) is 28.2 Å². The first-order chi connectivity index (χ1) is 17.6. The zero-order valence-electron chi connectivity index (χ0n) is 22.7. The molecule has 0 radical (unpaired) electrons. The van der Waals surface area contributed by atoms with E-state index in [2.05, 4.69) is 5.32 Å². The van der Waals surface area contributed by atoms with Gasteiger partial charge in [-0.2, -0.15) is 0 Å². The van der Waals surface area contributed by atoms with E-state index in [0.29, 0.717) is 21.4 Å². The molecule has 1 unspecified atom stereocenters. The summed E-state index contributed by atoms with van der Waals surface area (Å²) in [6.45, 7) is 6.64. The van der Waals surface area contributed by atoms with Crippen molar-refractivity contribution in [1.29, 1.82) is 0 Å². The number of anilines is 1. The summed E-state index contributed by atoms with van der Waals surface area (Å²) in [5.74, 6) is -0.373. The molecule has 2 aromatic rings. The SMILES string of the molecule is CCC(C(=O)NC(C)(C)C)N(Cc1ccc(Cl)cc1Cl)C(=O)CN(c1cc(OC)ccc1OC)S(C)(=O)=O. The first-order valence-electron chi connectivity index (χ1n) is 11.9. The zero-order valence-corrected chi connectivity index (χ0v) is 25.0. The molecule has 0 aliphatic heterocycles. The maximum Gasteiger partial charge on any atom is 0.244 e. The van der Waals surface area contributed by atoms with Crippen molar-refractivity contribution < 1.29 is 27.5 Å². The summed E-state index contributed by atoms with van der Waals surface area (Å²) in [5.41, 5.74) is 0.125. The predicted octanol–water partition coefficient (Wildman–Crippen LogP) is 4.50. The maximum absolute atomic E-state index is 13.9. The van der Waals surface area contributed by atoms with Crippen LogP contribution in [0.5, 0.6) is 11.5 Å². The highest BCUT2D eigenvalue weighted by Gasteiger charge is 2.34. The van der Waals surface area contributed by atoms with E-state index in [1.165, 1.54) is 25.2 Å². The van der Waals surface area contributed by atoms with E-state index in [9.17, 15) is 18.0 Å². The van der Waals surface area contributed by atoms with Gasteiger partial charge in [0.05, 0.1) is 26.2 Å². The van der Waals surface area contributed by atoms with Crippen molar-refractivity contribution in [1.82, 2.24) is 10.2 Å². The van der Waals surface area contributed by atoms with E-state index in [1.807, 2.05) is 20.8 Å². The van der Waals surface area contributed by atoms with Crippen LogP contribution in [0, 0.1) is 0 Å². The van der Waals surface area contributed by atoms with Crippen molar-refractivity contribution in [3.8, 4) is 11.5 Å². The minimum Gasteiger partial charge on any atom is -0.497 e. The number of nitrogens with one attached hydrogen (secondary N) is 1. The van der Waals surface area contributed by atoms with Crippen molar-refractivity contribution in [2.75, 3.05) is 31.3 Å². The van der Waals surface area contributed by atoms with Crippen LogP contribution in [0.4, 0.5) is 5.69 Å². The summed E-state index contributed by atoms with van der Waals surface area (Å²) in [6.07, 6.45) is 1.27. The Labute approximate surface area is 235 Å². The second-order valence-corrected chi connectivity index (χ2v) is 12.5. The van der Waals surface area contributed by atoms with Gasteiger partial charge in [-0.25, -0.2) is 8.42 Å². The predicted molar refractivity (Wildman–Crippen MR) is 151 cm³/mol. The molecule has 9 nitrogen and oxygen atoms in total. The fraction of sp³-hybridized carbons (Fsp3) is 0.462. The van der Waals surface area contributed by atoms with E-state index < -0.39 is 34.1 Å². The molecule has 0 aromatic heterocycles. The maximum atomic E-state index is 13.9. The molecule has 0 aliphatic carbocycles. The van der Waals surface area contributed by atoms with Gasteiger partial charge in [0.1, 0.15) is 24.1 Å².